The minimum Gasteiger partial charge on any atom is -0.506 e. The lowest BCUT2D eigenvalue weighted by molar-refractivity contribution is -0.141. The zero-order chi connectivity index (χ0) is 28.5. The second-order valence-electron chi connectivity index (χ2n) is 9.35. The fourth-order valence-electron chi connectivity index (χ4n) is 5.33. The van der Waals surface area contributed by atoms with Gasteiger partial charge in [-0.15, -0.1) is 0 Å². The summed E-state index contributed by atoms with van der Waals surface area (Å²) >= 11 is 6.10. The molecule has 3 aromatic rings. The number of fused-ring (bicyclic) bond motifs is 2. The van der Waals surface area contributed by atoms with Gasteiger partial charge in [0.15, 0.2) is 11.6 Å². The third kappa shape index (κ3) is 3.70. The number of aliphatic imine (C=N–C) groups is 1. The van der Waals surface area contributed by atoms with E-state index in [-0.39, 0.29) is 34.0 Å². The number of aliphatic hydroxyl groups is 1. The standard InChI is InChI=1S/C27H17ClF3N5O4/c1-35(24-15(28)10-12(11-33-24)27(29,30)31)36-25(39)17-18(26(36)40)21(34-20(17)16-8-4-5-9-32-16)19-22(37)13-6-2-3-7-14(13)23(19)38/h2-11,17-18,20,37H,1H3/t17-,18-,20-/m0/s1. The smallest absolute Gasteiger partial charge is 0.417 e. The number of aromatic nitrogens is 2. The number of carbonyl (C=O) groups is 3. The van der Waals surface area contributed by atoms with Crippen LogP contribution in [0.5, 0.6) is 0 Å². The molecular formula is C27H17ClF3N5O4. The number of hydrogen-bond donors (Lipinski definition) is 1. The van der Waals surface area contributed by atoms with E-state index in [9.17, 15) is 32.7 Å². The van der Waals surface area contributed by atoms with E-state index in [4.69, 9.17) is 11.6 Å². The number of benzene rings is 1. The number of nitrogens with zero attached hydrogens (tertiary/aromatic N) is 5. The Bertz CT molecular complexity index is 1670. The number of carbonyl (C=O) groups excluding carboxylic acids is 3. The Labute approximate surface area is 229 Å². The van der Waals surface area contributed by atoms with E-state index in [0.717, 1.165) is 10.0 Å². The molecule has 1 saturated heterocycles. The van der Waals surface area contributed by atoms with Gasteiger partial charge >= 0.3 is 6.18 Å². The van der Waals surface area contributed by atoms with Crippen LogP contribution < -0.4 is 5.01 Å². The molecule has 1 N–H and O–H groups in total. The SMILES string of the molecule is CN(c1ncc(C(F)(F)F)cc1Cl)N1C(=O)[C@@H]2C(C3=C(O)c4ccccc4C3=O)=N[C@@H](c3ccccn3)[C@H]2C1=O. The molecular weight excluding hydrogens is 551 g/mol. The zero-order valence-electron chi connectivity index (χ0n) is 20.4. The van der Waals surface area contributed by atoms with Gasteiger partial charge in [-0.3, -0.25) is 29.4 Å². The maximum Gasteiger partial charge on any atom is 0.417 e. The molecule has 13 heteroatoms. The number of imide groups is 1. The van der Waals surface area contributed by atoms with E-state index in [1.807, 2.05) is 0 Å². The largest absolute Gasteiger partial charge is 0.506 e. The highest BCUT2D eigenvalue weighted by molar-refractivity contribution is 6.40. The third-order valence-corrected chi connectivity index (χ3v) is 7.41. The van der Waals surface area contributed by atoms with Crippen molar-refractivity contribution >= 4 is 46.5 Å². The summed E-state index contributed by atoms with van der Waals surface area (Å²) in [5.41, 5.74) is -0.508. The van der Waals surface area contributed by atoms with E-state index in [1.165, 1.54) is 19.3 Å². The van der Waals surface area contributed by atoms with E-state index >= 15 is 0 Å². The molecule has 6 rings (SSSR count). The lowest BCUT2D eigenvalue weighted by atomic mass is 9.84. The predicted molar refractivity (Wildman–Crippen MR) is 136 cm³/mol. The highest BCUT2D eigenvalue weighted by Gasteiger charge is 2.60. The van der Waals surface area contributed by atoms with E-state index in [2.05, 4.69) is 15.0 Å². The summed E-state index contributed by atoms with van der Waals surface area (Å²) in [6.07, 6.45) is -2.67. The van der Waals surface area contributed by atoms with Crippen LogP contribution in [-0.2, 0) is 15.8 Å². The molecule has 2 aromatic heterocycles. The van der Waals surface area contributed by atoms with Crippen molar-refractivity contribution in [1.82, 2.24) is 15.0 Å². The average Bonchev–Trinajstić information content (AvgIpc) is 3.52. The Kier molecular flexibility index (Phi) is 5.77. The van der Waals surface area contributed by atoms with Crippen molar-refractivity contribution in [3.05, 3.63) is 93.9 Å². The van der Waals surface area contributed by atoms with E-state index in [1.54, 1.807) is 36.4 Å². The van der Waals surface area contributed by atoms with Crippen LogP contribution in [0.2, 0.25) is 5.02 Å². The third-order valence-electron chi connectivity index (χ3n) is 7.13. The fraction of sp³-hybridized carbons (Fsp3) is 0.185. The summed E-state index contributed by atoms with van der Waals surface area (Å²) in [5.74, 6) is -5.17. The Morgan fingerprint density at radius 2 is 1.70 bits per heavy atom. The van der Waals surface area contributed by atoms with Crippen LogP contribution in [0, 0.1) is 11.8 Å². The van der Waals surface area contributed by atoms with Gasteiger partial charge < -0.3 is 5.11 Å². The van der Waals surface area contributed by atoms with Gasteiger partial charge in [0.05, 0.1) is 39.4 Å². The molecule has 0 saturated carbocycles. The van der Waals surface area contributed by atoms with Crippen molar-refractivity contribution in [3.8, 4) is 0 Å². The quantitative estimate of drug-likeness (QED) is 0.463. The molecule has 1 fully saturated rings. The lowest BCUT2D eigenvalue weighted by Crippen LogP contribution is -2.46. The maximum absolute atomic E-state index is 13.9. The van der Waals surface area contributed by atoms with Crippen molar-refractivity contribution in [2.24, 2.45) is 16.8 Å². The minimum atomic E-state index is -4.70. The number of halogens is 4. The number of pyridine rings is 2. The minimum absolute atomic E-state index is 0.0694. The highest BCUT2D eigenvalue weighted by atomic mass is 35.5. The number of aliphatic hydroxyl groups excluding tert-OH is 1. The Morgan fingerprint density at radius 1 is 1.00 bits per heavy atom. The van der Waals surface area contributed by atoms with Gasteiger partial charge in [0.2, 0.25) is 0 Å². The van der Waals surface area contributed by atoms with Crippen LogP contribution in [0.4, 0.5) is 19.0 Å². The monoisotopic (exact) mass is 567 g/mol. The van der Waals surface area contributed by atoms with Crippen LogP contribution in [0.25, 0.3) is 5.76 Å². The summed E-state index contributed by atoms with van der Waals surface area (Å²) in [7, 11) is 1.26. The van der Waals surface area contributed by atoms with Gasteiger partial charge in [-0.1, -0.05) is 41.9 Å². The molecule has 9 nitrogen and oxygen atoms in total. The molecule has 1 aromatic carbocycles. The van der Waals surface area contributed by atoms with Crippen LogP contribution >= 0.6 is 11.6 Å². The van der Waals surface area contributed by atoms with Gasteiger partial charge in [-0.05, 0) is 18.2 Å². The topological polar surface area (TPSA) is 116 Å². The van der Waals surface area contributed by atoms with Crippen LogP contribution in [0.3, 0.4) is 0 Å². The number of alkyl halides is 3. The van der Waals surface area contributed by atoms with Gasteiger partial charge in [0.25, 0.3) is 11.8 Å². The van der Waals surface area contributed by atoms with Crippen molar-refractivity contribution in [2.75, 3.05) is 12.1 Å². The highest BCUT2D eigenvalue weighted by Crippen LogP contribution is 2.48. The molecule has 0 bridgehead atoms. The number of allylic oxidation sites excluding steroid dienone is 1. The zero-order valence-corrected chi connectivity index (χ0v) is 21.2. The predicted octanol–water partition coefficient (Wildman–Crippen LogP) is 4.46. The average molecular weight is 568 g/mol. The molecule has 3 atom stereocenters. The fourth-order valence-corrected chi connectivity index (χ4v) is 5.62. The van der Waals surface area contributed by atoms with Crippen molar-refractivity contribution < 1.29 is 32.7 Å². The van der Waals surface area contributed by atoms with Gasteiger partial charge in [-0.2, -0.15) is 18.2 Å². The number of Topliss-reactive ketones (excluding diaryl/α,β-unsaturated/α-hetero) is 1. The first-order chi connectivity index (χ1) is 19.0. The van der Waals surface area contributed by atoms with Crippen LogP contribution in [0.15, 0.2) is 71.5 Å². The van der Waals surface area contributed by atoms with Crippen molar-refractivity contribution in [2.45, 2.75) is 12.2 Å². The van der Waals surface area contributed by atoms with Gasteiger partial charge in [0.1, 0.15) is 11.8 Å². The number of hydrazine groups is 1. The number of rotatable bonds is 4. The lowest BCUT2D eigenvalue weighted by Gasteiger charge is -2.29. The first kappa shape index (κ1) is 25.7. The van der Waals surface area contributed by atoms with Crippen LogP contribution in [-0.4, -0.2) is 50.4 Å². The molecule has 0 spiro atoms. The molecule has 40 heavy (non-hydrogen) atoms. The molecule has 3 aliphatic rings. The number of anilines is 1. The molecule has 202 valence electrons. The van der Waals surface area contributed by atoms with Crippen LogP contribution in [0.1, 0.15) is 33.2 Å². The number of hydrogen-bond acceptors (Lipinski definition) is 8. The normalized spacial score (nSPS) is 22.1. The first-order valence-electron chi connectivity index (χ1n) is 11.9. The maximum atomic E-state index is 13.9. The Morgan fingerprint density at radius 3 is 2.33 bits per heavy atom. The summed E-state index contributed by atoms with van der Waals surface area (Å²) in [6, 6.07) is 11.0. The molecule has 4 heterocycles. The summed E-state index contributed by atoms with van der Waals surface area (Å²) in [6.45, 7) is 0. The molecule has 0 radical (unpaired) electrons. The van der Waals surface area contributed by atoms with E-state index < -0.39 is 52.2 Å². The Balaban J connectivity index is 1.44. The molecule has 2 amide bonds. The second kappa shape index (κ2) is 8.98. The summed E-state index contributed by atoms with van der Waals surface area (Å²) in [4.78, 5) is 53.7. The number of ketones is 1. The molecule has 2 aliphatic heterocycles. The van der Waals surface area contributed by atoms with Gasteiger partial charge in [0, 0.05) is 30.6 Å². The number of amides is 2. The second-order valence-corrected chi connectivity index (χ2v) is 9.76. The molecule has 0 unspecified atom stereocenters. The summed E-state index contributed by atoms with van der Waals surface area (Å²) in [5, 5.41) is 12.3. The van der Waals surface area contributed by atoms with E-state index in [0.29, 0.717) is 18.0 Å². The van der Waals surface area contributed by atoms with Gasteiger partial charge in [-0.25, -0.2) is 4.98 Å². The van der Waals surface area contributed by atoms with Crippen molar-refractivity contribution in [3.63, 3.8) is 0 Å². The summed E-state index contributed by atoms with van der Waals surface area (Å²) < 4.78 is 39.4. The Hall–Kier alpha value is -4.58. The first-order valence-corrected chi connectivity index (χ1v) is 12.3. The van der Waals surface area contributed by atoms with Crippen molar-refractivity contribution in [1.29, 1.82) is 0 Å². The molecule has 1 aliphatic carbocycles.